The summed E-state index contributed by atoms with van der Waals surface area (Å²) >= 11 is 24.0. The lowest BCUT2D eigenvalue weighted by atomic mass is 10.7. The van der Waals surface area contributed by atoms with Gasteiger partial charge in [0.25, 0.3) is 3.12 Å². The highest BCUT2D eigenvalue weighted by atomic mass is 35.6. The average molecular weight is 351 g/mol. The molecule has 0 radical (unpaired) electrons. The Balaban J connectivity index is 2.98. The molecular formula is C8H11Cl4N5S. The van der Waals surface area contributed by atoms with Gasteiger partial charge in [-0.05, 0) is 25.4 Å². The molecule has 1 aromatic heterocycles. The molecule has 0 saturated carbocycles. The van der Waals surface area contributed by atoms with Crippen molar-refractivity contribution in [3.8, 4) is 0 Å². The molecular weight excluding hydrogens is 340 g/mol. The summed E-state index contributed by atoms with van der Waals surface area (Å²) in [5, 5.41) is 3.03. The number of hydrogen-bond acceptors (Lipinski definition) is 6. The van der Waals surface area contributed by atoms with E-state index in [-0.39, 0.29) is 5.28 Å². The van der Waals surface area contributed by atoms with Crippen molar-refractivity contribution in [1.82, 2.24) is 15.0 Å². The summed E-state index contributed by atoms with van der Waals surface area (Å²) in [6.45, 7) is 5.02. The minimum atomic E-state index is -1.49. The number of nitrogens with zero attached hydrogens (tertiary/aromatic N) is 4. The van der Waals surface area contributed by atoms with Crippen LogP contribution in [0.15, 0.2) is 0 Å². The maximum atomic E-state index is 5.82. The number of anilines is 2. The van der Waals surface area contributed by atoms with E-state index in [0.717, 1.165) is 11.9 Å². The zero-order chi connectivity index (χ0) is 13.8. The van der Waals surface area contributed by atoms with Gasteiger partial charge in [0.05, 0.1) is 0 Å². The highest BCUT2D eigenvalue weighted by Crippen LogP contribution is 2.42. The van der Waals surface area contributed by atoms with Crippen molar-refractivity contribution in [2.24, 2.45) is 0 Å². The van der Waals surface area contributed by atoms with Gasteiger partial charge in [0.15, 0.2) is 0 Å². The number of rotatable bonds is 5. The Morgan fingerprint density at radius 2 is 1.89 bits per heavy atom. The Morgan fingerprint density at radius 3 is 2.39 bits per heavy atom. The van der Waals surface area contributed by atoms with Crippen molar-refractivity contribution in [2.45, 2.75) is 17.0 Å². The SMILES string of the molecule is CCNc1nc(Cl)nc(N(CC)SC(Cl)(Cl)Cl)n1. The normalized spacial score (nSPS) is 11.4. The molecule has 0 aliphatic rings. The van der Waals surface area contributed by atoms with Crippen LogP contribution in [-0.4, -0.2) is 31.2 Å². The molecule has 0 aromatic carbocycles. The first-order chi connectivity index (χ1) is 8.35. The van der Waals surface area contributed by atoms with Crippen LogP contribution in [0.25, 0.3) is 0 Å². The van der Waals surface area contributed by atoms with Crippen molar-refractivity contribution in [2.75, 3.05) is 22.7 Å². The van der Waals surface area contributed by atoms with Gasteiger partial charge < -0.3 is 5.32 Å². The van der Waals surface area contributed by atoms with E-state index < -0.39 is 3.12 Å². The van der Waals surface area contributed by atoms with Crippen LogP contribution in [-0.2, 0) is 0 Å². The first-order valence-electron chi connectivity index (χ1n) is 5.04. The molecule has 102 valence electrons. The first-order valence-corrected chi connectivity index (χ1v) is 7.33. The summed E-state index contributed by atoms with van der Waals surface area (Å²) in [6.07, 6.45) is 0. The van der Waals surface area contributed by atoms with E-state index in [9.17, 15) is 0 Å². The summed E-state index contributed by atoms with van der Waals surface area (Å²) in [7, 11) is 0. The van der Waals surface area contributed by atoms with Crippen molar-refractivity contribution in [1.29, 1.82) is 0 Å². The van der Waals surface area contributed by atoms with Gasteiger partial charge in [0.1, 0.15) is 0 Å². The minimum Gasteiger partial charge on any atom is -0.354 e. The molecule has 1 rings (SSSR count). The maximum absolute atomic E-state index is 5.82. The van der Waals surface area contributed by atoms with E-state index >= 15 is 0 Å². The molecule has 0 unspecified atom stereocenters. The molecule has 0 atom stereocenters. The molecule has 1 N–H and O–H groups in total. The minimum absolute atomic E-state index is 0.0827. The van der Waals surface area contributed by atoms with Crippen LogP contribution >= 0.6 is 58.4 Å². The van der Waals surface area contributed by atoms with Crippen LogP contribution in [0.1, 0.15) is 13.8 Å². The van der Waals surface area contributed by atoms with Crippen molar-refractivity contribution >= 4 is 70.2 Å². The van der Waals surface area contributed by atoms with Crippen LogP contribution in [0.2, 0.25) is 5.28 Å². The van der Waals surface area contributed by atoms with E-state index in [1.165, 1.54) is 0 Å². The number of aromatic nitrogens is 3. The molecule has 0 bridgehead atoms. The lowest BCUT2D eigenvalue weighted by molar-refractivity contribution is 0.961. The number of halogens is 4. The third-order valence-corrected chi connectivity index (χ3v) is 3.29. The van der Waals surface area contributed by atoms with E-state index in [2.05, 4.69) is 20.3 Å². The molecule has 5 nitrogen and oxygen atoms in total. The largest absolute Gasteiger partial charge is 0.354 e. The van der Waals surface area contributed by atoms with Gasteiger partial charge in [-0.2, -0.15) is 15.0 Å². The Labute approximate surface area is 130 Å². The summed E-state index contributed by atoms with van der Waals surface area (Å²) in [5.41, 5.74) is 0. The van der Waals surface area contributed by atoms with Crippen LogP contribution in [0.4, 0.5) is 11.9 Å². The van der Waals surface area contributed by atoms with E-state index in [1.54, 1.807) is 4.31 Å². The third kappa shape index (κ3) is 5.40. The maximum Gasteiger partial charge on any atom is 0.256 e. The van der Waals surface area contributed by atoms with Crippen molar-refractivity contribution < 1.29 is 0 Å². The van der Waals surface area contributed by atoms with Crippen molar-refractivity contribution in [3.05, 3.63) is 5.28 Å². The molecule has 10 heteroatoms. The standard InChI is InChI=1S/C8H11Cl4N5S/c1-3-13-6-14-5(9)15-7(16-6)17(4-2)18-8(10,11)12/h3-4H2,1-2H3,(H,13,14,15,16). The van der Waals surface area contributed by atoms with Crippen LogP contribution in [0.3, 0.4) is 0 Å². The topological polar surface area (TPSA) is 53.9 Å². The second-order valence-corrected chi connectivity index (χ2v) is 7.52. The molecule has 0 aliphatic heterocycles. The number of hydrogen-bond donors (Lipinski definition) is 1. The molecule has 1 heterocycles. The summed E-state index contributed by atoms with van der Waals surface area (Å²) in [6, 6.07) is 0. The molecule has 0 saturated heterocycles. The third-order valence-electron chi connectivity index (χ3n) is 1.66. The zero-order valence-corrected chi connectivity index (χ0v) is 13.5. The number of nitrogens with one attached hydrogen (secondary N) is 1. The molecule has 18 heavy (non-hydrogen) atoms. The smallest absolute Gasteiger partial charge is 0.256 e. The second-order valence-electron chi connectivity index (χ2n) is 2.99. The quantitative estimate of drug-likeness (QED) is 0.644. The monoisotopic (exact) mass is 349 g/mol. The Kier molecular flexibility index (Phi) is 6.34. The Hall–Kier alpha value is 0.120. The highest BCUT2D eigenvalue weighted by Gasteiger charge is 2.26. The van der Waals surface area contributed by atoms with Gasteiger partial charge in [-0.15, -0.1) is 0 Å². The molecule has 1 aromatic rings. The Bertz CT molecular complexity index is 400. The Morgan fingerprint density at radius 1 is 1.22 bits per heavy atom. The van der Waals surface area contributed by atoms with Gasteiger partial charge in [-0.25, -0.2) is 0 Å². The predicted octanol–water partition coefficient (Wildman–Crippen LogP) is 3.76. The van der Waals surface area contributed by atoms with E-state index in [4.69, 9.17) is 46.4 Å². The summed E-state index contributed by atoms with van der Waals surface area (Å²) in [5.74, 6) is 0.723. The van der Waals surface area contributed by atoms with Gasteiger partial charge in [-0.1, -0.05) is 34.8 Å². The van der Waals surface area contributed by atoms with E-state index in [0.29, 0.717) is 25.0 Å². The van der Waals surface area contributed by atoms with Crippen molar-refractivity contribution in [3.63, 3.8) is 0 Å². The van der Waals surface area contributed by atoms with E-state index in [1.807, 2.05) is 13.8 Å². The average Bonchev–Trinajstić information content (AvgIpc) is 2.24. The molecule has 0 amide bonds. The van der Waals surface area contributed by atoms with Crippen LogP contribution in [0, 0.1) is 0 Å². The fourth-order valence-electron chi connectivity index (χ4n) is 1.06. The lowest BCUT2D eigenvalue weighted by Crippen LogP contribution is -2.21. The van der Waals surface area contributed by atoms with Gasteiger partial charge in [0, 0.05) is 25.0 Å². The fraction of sp³-hybridized carbons (Fsp3) is 0.625. The highest BCUT2D eigenvalue weighted by molar-refractivity contribution is 8.05. The summed E-state index contributed by atoms with van der Waals surface area (Å²) in [4.78, 5) is 12.1. The molecule has 0 aliphatic carbocycles. The lowest BCUT2D eigenvalue weighted by Gasteiger charge is -2.23. The second kappa shape index (κ2) is 7.05. The summed E-state index contributed by atoms with van der Waals surface area (Å²) < 4.78 is 0.134. The number of alkyl halides is 3. The van der Waals surface area contributed by atoms with Gasteiger partial charge in [-0.3, -0.25) is 4.31 Å². The van der Waals surface area contributed by atoms with Crippen LogP contribution in [0.5, 0.6) is 0 Å². The van der Waals surface area contributed by atoms with Gasteiger partial charge in [0.2, 0.25) is 17.2 Å². The predicted molar refractivity (Wildman–Crippen MR) is 79.9 cm³/mol. The zero-order valence-electron chi connectivity index (χ0n) is 9.62. The van der Waals surface area contributed by atoms with Crippen LogP contribution < -0.4 is 9.62 Å². The van der Waals surface area contributed by atoms with Gasteiger partial charge >= 0.3 is 0 Å². The first kappa shape index (κ1) is 16.2. The fourth-order valence-corrected chi connectivity index (χ4v) is 2.51. The molecule has 0 fully saturated rings. The molecule has 0 spiro atoms.